The Hall–Kier alpha value is -1.69. The predicted octanol–water partition coefficient (Wildman–Crippen LogP) is 2.86. The lowest BCUT2D eigenvalue weighted by Crippen LogP contribution is -2.48. The predicted molar refractivity (Wildman–Crippen MR) is 110 cm³/mol. The molecule has 3 heterocycles. The minimum atomic E-state index is 0.770. The van der Waals surface area contributed by atoms with E-state index >= 15 is 0 Å². The lowest BCUT2D eigenvalue weighted by atomic mass is 10.1. The molecule has 5 heteroatoms. The van der Waals surface area contributed by atoms with Crippen molar-refractivity contribution in [3.05, 3.63) is 48.5 Å². The lowest BCUT2D eigenvalue weighted by molar-refractivity contribution is 0.106. The highest BCUT2D eigenvalue weighted by molar-refractivity contribution is 5.34. The third-order valence-electron chi connectivity index (χ3n) is 6.42. The van der Waals surface area contributed by atoms with Gasteiger partial charge in [-0.1, -0.05) is 12.1 Å². The first-order valence-electron chi connectivity index (χ1n) is 10.5. The molecule has 0 aliphatic carbocycles. The molecule has 0 bridgehead atoms. The zero-order chi connectivity index (χ0) is 18.6. The Morgan fingerprint density at radius 2 is 1.56 bits per heavy atom. The molecule has 0 radical (unpaired) electrons. The molecule has 2 atom stereocenters. The minimum absolute atomic E-state index is 0.770. The summed E-state index contributed by atoms with van der Waals surface area (Å²) in [6, 6.07) is 10.4. The van der Waals surface area contributed by atoms with Gasteiger partial charge in [0.15, 0.2) is 0 Å². The Bertz CT molecular complexity index is 678. The fourth-order valence-electron chi connectivity index (χ4n) is 4.56. The van der Waals surface area contributed by atoms with E-state index in [4.69, 9.17) is 0 Å². The topological polar surface area (TPSA) is 27.5 Å². The van der Waals surface area contributed by atoms with E-state index < -0.39 is 0 Å². The molecule has 0 amide bonds. The fourth-order valence-corrected chi connectivity index (χ4v) is 4.56. The quantitative estimate of drug-likeness (QED) is 0.785. The van der Waals surface area contributed by atoms with Gasteiger partial charge in [0.2, 0.25) is 0 Å². The van der Waals surface area contributed by atoms with Crippen molar-refractivity contribution in [3.63, 3.8) is 0 Å². The number of likely N-dealkylation sites (tertiary alicyclic amines) is 1. The molecule has 2 aliphatic heterocycles. The molecule has 2 aliphatic rings. The number of benzene rings is 1. The molecule has 2 saturated heterocycles. The largest absolute Gasteiger partial charge is 0.306 e. The average molecular weight is 368 g/mol. The number of nitrogens with zero attached hydrogens (tertiary/aromatic N) is 5. The molecule has 4 rings (SSSR count). The summed E-state index contributed by atoms with van der Waals surface area (Å²) in [4.78, 5) is 12.1. The van der Waals surface area contributed by atoms with Gasteiger partial charge in [-0.05, 0) is 44.4 Å². The zero-order valence-corrected chi connectivity index (χ0v) is 16.8. The molecule has 1 aromatic carbocycles. The van der Waals surface area contributed by atoms with E-state index in [0.29, 0.717) is 0 Å². The molecule has 27 heavy (non-hydrogen) atoms. The molecule has 0 saturated carbocycles. The van der Waals surface area contributed by atoms with Crippen molar-refractivity contribution < 1.29 is 0 Å². The summed E-state index contributed by atoms with van der Waals surface area (Å²) in [5.41, 5.74) is 2.57. The average Bonchev–Trinajstić information content (AvgIpc) is 3.33. The zero-order valence-electron chi connectivity index (χ0n) is 16.8. The lowest BCUT2D eigenvalue weighted by Gasteiger charge is -2.36. The third kappa shape index (κ3) is 4.60. The van der Waals surface area contributed by atoms with Crippen molar-refractivity contribution in [2.75, 3.05) is 39.3 Å². The number of piperazine rings is 1. The number of imidazole rings is 1. The Kier molecular flexibility index (Phi) is 5.91. The Morgan fingerprint density at radius 1 is 0.889 bits per heavy atom. The van der Waals surface area contributed by atoms with Gasteiger partial charge in [-0.3, -0.25) is 14.7 Å². The van der Waals surface area contributed by atoms with E-state index in [-0.39, 0.29) is 0 Å². The summed E-state index contributed by atoms with van der Waals surface area (Å²) in [7, 11) is 0. The maximum Gasteiger partial charge on any atom is 0.0991 e. The smallest absolute Gasteiger partial charge is 0.0991 e. The molecule has 1 aromatic heterocycles. The number of rotatable bonds is 6. The first-order chi connectivity index (χ1) is 13.2. The maximum atomic E-state index is 4.12. The molecule has 0 N–H and O–H groups in total. The van der Waals surface area contributed by atoms with Crippen molar-refractivity contribution in [2.45, 2.75) is 45.3 Å². The van der Waals surface area contributed by atoms with Crippen LogP contribution in [0.4, 0.5) is 0 Å². The highest BCUT2D eigenvalue weighted by Gasteiger charge is 2.27. The third-order valence-corrected chi connectivity index (χ3v) is 6.42. The van der Waals surface area contributed by atoms with Gasteiger partial charge in [0, 0.05) is 76.0 Å². The number of hydrogen-bond acceptors (Lipinski definition) is 4. The molecule has 2 fully saturated rings. The summed E-state index contributed by atoms with van der Waals surface area (Å²) < 4.78 is 2.05. The van der Waals surface area contributed by atoms with E-state index in [2.05, 4.69) is 57.8 Å². The molecule has 2 unspecified atom stereocenters. The van der Waals surface area contributed by atoms with Gasteiger partial charge in [0.05, 0.1) is 6.33 Å². The van der Waals surface area contributed by atoms with Crippen molar-refractivity contribution in [1.82, 2.24) is 24.3 Å². The van der Waals surface area contributed by atoms with Crippen LogP contribution in [0.3, 0.4) is 0 Å². The van der Waals surface area contributed by atoms with E-state index in [1.165, 1.54) is 63.4 Å². The van der Waals surface area contributed by atoms with Crippen LogP contribution in [-0.2, 0) is 6.54 Å². The molecule has 146 valence electrons. The van der Waals surface area contributed by atoms with Gasteiger partial charge in [0.25, 0.3) is 0 Å². The van der Waals surface area contributed by atoms with Gasteiger partial charge >= 0.3 is 0 Å². The molecule has 5 nitrogen and oxygen atoms in total. The van der Waals surface area contributed by atoms with E-state index in [1.54, 1.807) is 0 Å². The van der Waals surface area contributed by atoms with Gasteiger partial charge in [-0.15, -0.1) is 0 Å². The standard InChI is InChI=1S/C22H33N5/c1-19-3-4-20(2)27(19)16-15-24-11-13-25(14-12-24)17-21-5-7-22(8-6-21)26-10-9-23-18-26/h5-10,18-20H,3-4,11-17H2,1-2H3. The van der Waals surface area contributed by atoms with Crippen LogP contribution in [0.2, 0.25) is 0 Å². The Labute approximate surface area is 163 Å². The first-order valence-corrected chi connectivity index (χ1v) is 10.5. The number of hydrogen-bond donors (Lipinski definition) is 0. The van der Waals surface area contributed by atoms with Crippen molar-refractivity contribution >= 4 is 0 Å². The summed E-state index contributed by atoms with van der Waals surface area (Å²) in [6.07, 6.45) is 8.39. The van der Waals surface area contributed by atoms with Crippen molar-refractivity contribution in [2.24, 2.45) is 0 Å². The monoisotopic (exact) mass is 367 g/mol. The second-order valence-electron chi connectivity index (χ2n) is 8.27. The molecule has 0 spiro atoms. The van der Waals surface area contributed by atoms with Crippen LogP contribution in [0.5, 0.6) is 0 Å². The van der Waals surface area contributed by atoms with Crippen molar-refractivity contribution in [3.8, 4) is 5.69 Å². The van der Waals surface area contributed by atoms with E-state index in [0.717, 1.165) is 18.6 Å². The summed E-state index contributed by atoms with van der Waals surface area (Å²) in [5.74, 6) is 0. The van der Waals surface area contributed by atoms with Gasteiger partial charge in [0.1, 0.15) is 0 Å². The van der Waals surface area contributed by atoms with Crippen LogP contribution in [0.25, 0.3) is 5.69 Å². The number of aromatic nitrogens is 2. The summed E-state index contributed by atoms with van der Waals surface area (Å²) >= 11 is 0. The van der Waals surface area contributed by atoms with Crippen LogP contribution in [0.15, 0.2) is 43.0 Å². The first kappa shape index (κ1) is 18.7. The van der Waals surface area contributed by atoms with Gasteiger partial charge < -0.3 is 4.57 Å². The van der Waals surface area contributed by atoms with Crippen LogP contribution >= 0.6 is 0 Å². The summed E-state index contributed by atoms with van der Waals surface area (Å²) in [6.45, 7) is 13.0. The van der Waals surface area contributed by atoms with Gasteiger partial charge in [-0.2, -0.15) is 0 Å². The summed E-state index contributed by atoms with van der Waals surface area (Å²) in [5, 5.41) is 0. The maximum absolute atomic E-state index is 4.12. The van der Waals surface area contributed by atoms with Crippen LogP contribution in [-0.4, -0.2) is 75.6 Å². The molecule has 2 aromatic rings. The Balaban J connectivity index is 1.21. The highest BCUT2D eigenvalue weighted by atomic mass is 15.3. The fraction of sp³-hybridized carbons (Fsp3) is 0.591. The molecular weight excluding hydrogens is 334 g/mol. The van der Waals surface area contributed by atoms with Crippen LogP contribution in [0, 0.1) is 0 Å². The van der Waals surface area contributed by atoms with Crippen molar-refractivity contribution in [1.29, 1.82) is 0 Å². The normalized spacial score (nSPS) is 25.3. The van der Waals surface area contributed by atoms with E-state index in [9.17, 15) is 0 Å². The SMILES string of the molecule is CC1CCC(C)N1CCN1CCN(Cc2ccc(-n3ccnc3)cc2)CC1. The highest BCUT2D eigenvalue weighted by Crippen LogP contribution is 2.23. The Morgan fingerprint density at radius 3 is 2.19 bits per heavy atom. The second kappa shape index (κ2) is 8.55. The second-order valence-corrected chi connectivity index (χ2v) is 8.27. The minimum Gasteiger partial charge on any atom is -0.306 e. The van der Waals surface area contributed by atoms with Crippen LogP contribution < -0.4 is 0 Å². The van der Waals surface area contributed by atoms with E-state index in [1.807, 2.05) is 23.3 Å². The van der Waals surface area contributed by atoms with Gasteiger partial charge in [-0.25, -0.2) is 4.98 Å². The van der Waals surface area contributed by atoms with Crippen LogP contribution in [0.1, 0.15) is 32.3 Å². The molecular formula is C22H33N5.